The first-order valence-corrected chi connectivity index (χ1v) is 8.33. The third-order valence-electron chi connectivity index (χ3n) is 3.57. The molecular formula is C18H25N3O4. The van der Waals surface area contributed by atoms with E-state index in [9.17, 15) is 14.4 Å². The van der Waals surface area contributed by atoms with Gasteiger partial charge in [-0.1, -0.05) is 13.8 Å². The van der Waals surface area contributed by atoms with Crippen molar-refractivity contribution in [3.8, 4) is 0 Å². The zero-order valence-corrected chi connectivity index (χ0v) is 15.1. The van der Waals surface area contributed by atoms with Crippen LogP contribution in [0.4, 0.5) is 5.69 Å². The molecule has 2 amide bonds. The van der Waals surface area contributed by atoms with Crippen molar-refractivity contribution in [2.75, 3.05) is 11.9 Å². The van der Waals surface area contributed by atoms with E-state index >= 15 is 0 Å². The number of amides is 2. The minimum atomic E-state index is -0.480. The van der Waals surface area contributed by atoms with Crippen molar-refractivity contribution in [3.05, 3.63) is 29.8 Å². The number of rotatable bonds is 8. The number of ether oxygens (including phenoxy) is 1. The highest BCUT2D eigenvalue weighted by molar-refractivity contribution is 6.02. The van der Waals surface area contributed by atoms with Gasteiger partial charge in [0, 0.05) is 23.4 Å². The fourth-order valence-corrected chi connectivity index (χ4v) is 2.11. The third kappa shape index (κ3) is 6.37. The number of carbonyl (C=O) groups excluding carboxylic acids is 3. The molecule has 25 heavy (non-hydrogen) atoms. The summed E-state index contributed by atoms with van der Waals surface area (Å²) >= 11 is 0. The molecule has 0 unspecified atom stereocenters. The molecule has 136 valence electrons. The van der Waals surface area contributed by atoms with E-state index in [2.05, 4.69) is 15.8 Å². The van der Waals surface area contributed by atoms with Gasteiger partial charge in [0.1, 0.15) is 0 Å². The van der Waals surface area contributed by atoms with Crippen molar-refractivity contribution in [1.82, 2.24) is 5.43 Å². The Morgan fingerprint density at radius 3 is 2.28 bits per heavy atom. The van der Waals surface area contributed by atoms with Crippen molar-refractivity contribution in [3.63, 3.8) is 0 Å². The summed E-state index contributed by atoms with van der Waals surface area (Å²) in [5, 5.41) is 6.71. The van der Waals surface area contributed by atoms with Crippen LogP contribution in [0, 0.1) is 5.92 Å². The Bertz CT molecular complexity index is 638. The fourth-order valence-electron chi connectivity index (χ4n) is 2.11. The molecule has 1 rings (SSSR count). The second kappa shape index (κ2) is 10.2. The predicted molar refractivity (Wildman–Crippen MR) is 96.4 cm³/mol. The first kappa shape index (κ1) is 20.3. The average molecular weight is 347 g/mol. The lowest BCUT2D eigenvalue weighted by Crippen LogP contribution is -2.27. The molecule has 0 fully saturated rings. The van der Waals surface area contributed by atoms with E-state index in [-0.39, 0.29) is 11.9 Å². The maximum Gasteiger partial charge on any atom is 0.314 e. The maximum atomic E-state index is 12.1. The number of anilines is 1. The number of hydrogen-bond donors (Lipinski definition) is 2. The molecule has 0 aliphatic carbocycles. The topological polar surface area (TPSA) is 96.9 Å². The maximum absolute atomic E-state index is 12.1. The molecule has 0 saturated heterocycles. The van der Waals surface area contributed by atoms with E-state index in [0.717, 1.165) is 0 Å². The Morgan fingerprint density at radius 1 is 1.12 bits per heavy atom. The highest BCUT2D eigenvalue weighted by atomic mass is 16.5. The summed E-state index contributed by atoms with van der Waals surface area (Å²) in [6, 6.07) is 6.47. The molecule has 0 aliphatic heterocycles. The van der Waals surface area contributed by atoms with Crippen LogP contribution in [-0.2, 0) is 14.3 Å². The number of nitrogens with zero attached hydrogens (tertiary/aromatic N) is 1. The summed E-state index contributed by atoms with van der Waals surface area (Å²) in [5.41, 5.74) is 3.94. The number of carbonyl (C=O) groups is 3. The van der Waals surface area contributed by atoms with Gasteiger partial charge >= 0.3 is 5.97 Å². The summed E-state index contributed by atoms with van der Waals surface area (Å²) < 4.78 is 4.99. The van der Waals surface area contributed by atoms with Crippen molar-refractivity contribution in [1.29, 1.82) is 0 Å². The molecule has 0 radical (unpaired) electrons. The SMILES string of the molecule is CCOC(=O)[C@@H](CC)/C(C)=N/NC(=O)c1ccc(NC(=O)CC)cc1. The van der Waals surface area contributed by atoms with Crippen LogP contribution in [0.1, 0.15) is 50.9 Å². The molecule has 0 heterocycles. The monoisotopic (exact) mass is 347 g/mol. The van der Waals surface area contributed by atoms with Gasteiger partial charge in [-0.2, -0.15) is 5.10 Å². The number of esters is 1. The van der Waals surface area contributed by atoms with Crippen molar-refractivity contribution < 1.29 is 19.1 Å². The Hall–Kier alpha value is -2.70. The third-order valence-corrected chi connectivity index (χ3v) is 3.57. The number of nitrogens with one attached hydrogen (secondary N) is 2. The van der Waals surface area contributed by atoms with E-state index < -0.39 is 11.8 Å². The molecule has 7 heteroatoms. The normalized spacial score (nSPS) is 12.2. The summed E-state index contributed by atoms with van der Waals surface area (Å²) in [6.45, 7) is 7.33. The standard InChI is InChI=1S/C18H25N3O4/c1-5-15(18(24)25-7-3)12(4)20-21-17(23)13-8-10-14(11-9-13)19-16(22)6-2/h8-11,15H,5-7H2,1-4H3,(H,19,22)(H,21,23)/b20-12+/t15-/m0/s1. The minimum absolute atomic E-state index is 0.0954. The predicted octanol–water partition coefficient (Wildman–Crippen LogP) is 2.73. The first-order chi connectivity index (χ1) is 11.9. The summed E-state index contributed by atoms with van der Waals surface area (Å²) in [7, 11) is 0. The van der Waals surface area contributed by atoms with Gasteiger partial charge in [-0.05, 0) is 44.5 Å². The highest BCUT2D eigenvalue weighted by Crippen LogP contribution is 2.11. The smallest absolute Gasteiger partial charge is 0.314 e. The molecule has 0 aliphatic rings. The quantitative estimate of drug-likeness (QED) is 0.429. The van der Waals surface area contributed by atoms with Gasteiger partial charge in [0.15, 0.2) is 0 Å². The van der Waals surface area contributed by atoms with Crippen LogP contribution in [0.25, 0.3) is 0 Å². The van der Waals surface area contributed by atoms with Crippen LogP contribution in [-0.4, -0.2) is 30.1 Å². The molecule has 0 spiro atoms. The minimum Gasteiger partial charge on any atom is -0.465 e. The zero-order chi connectivity index (χ0) is 18.8. The summed E-state index contributed by atoms with van der Waals surface area (Å²) in [4.78, 5) is 35.3. The molecule has 0 aromatic heterocycles. The average Bonchev–Trinajstić information content (AvgIpc) is 2.61. The van der Waals surface area contributed by atoms with E-state index in [1.54, 1.807) is 45.0 Å². The zero-order valence-electron chi connectivity index (χ0n) is 15.1. The fraction of sp³-hybridized carbons (Fsp3) is 0.444. The van der Waals surface area contributed by atoms with Crippen molar-refractivity contribution in [2.24, 2.45) is 11.0 Å². The van der Waals surface area contributed by atoms with Gasteiger partial charge in [-0.15, -0.1) is 0 Å². The van der Waals surface area contributed by atoms with Gasteiger partial charge in [-0.3, -0.25) is 14.4 Å². The van der Waals surface area contributed by atoms with Crippen LogP contribution in [0.15, 0.2) is 29.4 Å². The first-order valence-electron chi connectivity index (χ1n) is 8.33. The molecule has 1 aromatic carbocycles. The van der Waals surface area contributed by atoms with Gasteiger partial charge in [0.05, 0.1) is 12.5 Å². The molecule has 1 aromatic rings. The van der Waals surface area contributed by atoms with Crippen molar-refractivity contribution in [2.45, 2.75) is 40.5 Å². The molecule has 0 bridgehead atoms. The molecule has 2 N–H and O–H groups in total. The summed E-state index contributed by atoms with van der Waals surface area (Å²) in [5.74, 6) is -1.32. The lowest BCUT2D eigenvalue weighted by Gasteiger charge is -2.13. The largest absolute Gasteiger partial charge is 0.465 e. The van der Waals surface area contributed by atoms with E-state index in [4.69, 9.17) is 4.74 Å². The van der Waals surface area contributed by atoms with Crippen LogP contribution in [0.3, 0.4) is 0 Å². The highest BCUT2D eigenvalue weighted by Gasteiger charge is 2.21. The Kier molecular flexibility index (Phi) is 8.32. The number of hydrogen-bond acceptors (Lipinski definition) is 5. The Balaban J connectivity index is 2.71. The lowest BCUT2D eigenvalue weighted by atomic mass is 10.0. The van der Waals surface area contributed by atoms with Crippen molar-refractivity contribution >= 4 is 29.2 Å². The van der Waals surface area contributed by atoms with Gasteiger partial charge in [0.2, 0.25) is 5.91 Å². The number of benzene rings is 1. The van der Waals surface area contributed by atoms with Crippen LogP contribution in [0.5, 0.6) is 0 Å². The van der Waals surface area contributed by atoms with E-state index in [1.807, 2.05) is 6.92 Å². The van der Waals surface area contributed by atoms with Crippen LogP contribution >= 0.6 is 0 Å². The van der Waals surface area contributed by atoms with Gasteiger partial charge in [0.25, 0.3) is 5.91 Å². The van der Waals surface area contributed by atoms with Gasteiger partial charge in [-0.25, -0.2) is 5.43 Å². The molecule has 0 saturated carbocycles. The molecule has 7 nitrogen and oxygen atoms in total. The second-order valence-electron chi connectivity index (χ2n) is 5.39. The Morgan fingerprint density at radius 2 is 1.76 bits per heavy atom. The number of hydrazone groups is 1. The second-order valence-corrected chi connectivity index (χ2v) is 5.39. The van der Waals surface area contributed by atoms with E-state index in [1.165, 1.54) is 0 Å². The van der Waals surface area contributed by atoms with Crippen LogP contribution in [0.2, 0.25) is 0 Å². The van der Waals surface area contributed by atoms with E-state index in [0.29, 0.717) is 36.4 Å². The van der Waals surface area contributed by atoms with Gasteiger partial charge < -0.3 is 10.1 Å². The molecule has 1 atom stereocenters. The Labute approximate surface area is 147 Å². The van der Waals surface area contributed by atoms with Crippen LogP contribution < -0.4 is 10.7 Å². The molecular weight excluding hydrogens is 322 g/mol. The summed E-state index contributed by atoms with van der Waals surface area (Å²) in [6.07, 6.45) is 0.922. The lowest BCUT2D eigenvalue weighted by molar-refractivity contribution is -0.145.